The minimum atomic E-state index is -4.62. The Morgan fingerprint density at radius 3 is 1.74 bits per heavy atom. The molecular formula is C33H31F4NO2S2. The fourth-order valence-corrected chi connectivity index (χ4v) is 8.03. The summed E-state index contributed by atoms with van der Waals surface area (Å²) >= 11 is 2.68. The number of anilines is 1. The van der Waals surface area contributed by atoms with E-state index in [1.54, 1.807) is 26.0 Å². The van der Waals surface area contributed by atoms with Crippen molar-refractivity contribution in [1.29, 1.82) is 0 Å². The molecule has 4 aromatic rings. The van der Waals surface area contributed by atoms with Crippen LogP contribution in [0.3, 0.4) is 0 Å². The van der Waals surface area contributed by atoms with E-state index in [2.05, 4.69) is 18.7 Å². The first-order valence-electron chi connectivity index (χ1n) is 14.0. The van der Waals surface area contributed by atoms with Crippen molar-refractivity contribution < 1.29 is 27.0 Å². The fourth-order valence-electron chi connectivity index (χ4n) is 5.97. The summed E-state index contributed by atoms with van der Waals surface area (Å²) in [6.07, 6.45) is 0. The Morgan fingerprint density at radius 1 is 0.714 bits per heavy atom. The monoisotopic (exact) mass is 613 g/mol. The molecule has 1 aliphatic carbocycles. The van der Waals surface area contributed by atoms with Crippen LogP contribution in [0.5, 0.6) is 0 Å². The zero-order chi connectivity index (χ0) is 29.9. The normalized spacial score (nSPS) is 18.8. The van der Waals surface area contributed by atoms with Crippen LogP contribution in [0.2, 0.25) is 0 Å². The predicted molar refractivity (Wildman–Crippen MR) is 164 cm³/mol. The van der Waals surface area contributed by atoms with Gasteiger partial charge in [-0.25, -0.2) is 0 Å². The van der Waals surface area contributed by atoms with E-state index in [-0.39, 0.29) is 24.4 Å². The Bertz CT molecular complexity index is 1630. The summed E-state index contributed by atoms with van der Waals surface area (Å²) < 4.78 is 75.5. The zero-order valence-corrected chi connectivity index (χ0v) is 25.4. The average molecular weight is 614 g/mol. The van der Waals surface area contributed by atoms with Crippen LogP contribution in [0.4, 0.5) is 23.2 Å². The third-order valence-corrected chi connectivity index (χ3v) is 10.3. The Kier molecular flexibility index (Phi) is 7.37. The minimum Gasteiger partial charge on any atom is -0.372 e. The molecule has 2 aromatic carbocycles. The van der Waals surface area contributed by atoms with Crippen molar-refractivity contribution in [2.24, 2.45) is 0 Å². The first-order valence-corrected chi connectivity index (χ1v) is 15.6. The summed E-state index contributed by atoms with van der Waals surface area (Å²) in [7, 11) is 0. The topological polar surface area (TPSA) is 21.7 Å². The number of benzene rings is 2. The van der Waals surface area contributed by atoms with Gasteiger partial charge in [0.1, 0.15) is 0 Å². The number of thiophene rings is 2. The van der Waals surface area contributed by atoms with Crippen molar-refractivity contribution in [2.75, 3.05) is 31.2 Å². The maximum absolute atomic E-state index is 16.2. The fraction of sp³-hybridized carbons (Fsp3) is 0.333. The highest BCUT2D eigenvalue weighted by atomic mass is 32.1. The van der Waals surface area contributed by atoms with E-state index in [9.17, 15) is 0 Å². The molecular weight excluding hydrogens is 582 g/mol. The van der Waals surface area contributed by atoms with E-state index in [1.165, 1.54) is 22.7 Å². The molecule has 0 amide bonds. The largest absolute Gasteiger partial charge is 0.372 e. The molecule has 42 heavy (non-hydrogen) atoms. The molecule has 220 valence electrons. The molecule has 0 radical (unpaired) electrons. The number of rotatable bonds is 7. The molecule has 2 aliphatic rings. The van der Waals surface area contributed by atoms with Crippen LogP contribution in [0, 0.1) is 13.8 Å². The van der Waals surface area contributed by atoms with Crippen LogP contribution in [0.15, 0.2) is 66.7 Å². The van der Waals surface area contributed by atoms with Crippen molar-refractivity contribution in [1.82, 2.24) is 0 Å². The van der Waals surface area contributed by atoms with Gasteiger partial charge < -0.3 is 14.4 Å². The summed E-state index contributed by atoms with van der Waals surface area (Å²) in [5, 5.41) is 0. The van der Waals surface area contributed by atoms with Gasteiger partial charge in [-0.2, -0.15) is 17.6 Å². The molecule has 1 aliphatic heterocycles. The first-order chi connectivity index (χ1) is 20.1. The number of ether oxygens (including phenoxy) is 2. The second-order valence-corrected chi connectivity index (χ2v) is 13.0. The van der Waals surface area contributed by atoms with Gasteiger partial charge in [0.05, 0.1) is 13.2 Å². The third-order valence-electron chi connectivity index (χ3n) is 8.11. The van der Waals surface area contributed by atoms with Gasteiger partial charge in [-0.1, -0.05) is 42.5 Å². The van der Waals surface area contributed by atoms with Gasteiger partial charge in [-0.15, -0.1) is 22.7 Å². The molecule has 1 fully saturated rings. The lowest BCUT2D eigenvalue weighted by Crippen LogP contribution is -2.54. The van der Waals surface area contributed by atoms with E-state index < -0.39 is 23.2 Å². The molecule has 9 heteroatoms. The number of nitrogens with zero attached hydrogens (tertiary/aromatic N) is 1. The van der Waals surface area contributed by atoms with E-state index in [0.29, 0.717) is 15.3 Å². The lowest BCUT2D eigenvalue weighted by molar-refractivity contribution is -0.305. The highest BCUT2D eigenvalue weighted by Gasteiger charge is 2.81. The number of halogens is 4. The highest BCUT2D eigenvalue weighted by Crippen LogP contribution is 2.66. The summed E-state index contributed by atoms with van der Waals surface area (Å²) in [6.45, 7) is 8.96. The first kappa shape index (κ1) is 29.1. The molecule has 0 atom stereocenters. The maximum Gasteiger partial charge on any atom is 0.371 e. The summed E-state index contributed by atoms with van der Waals surface area (Å²) in [6, 6.07) is 20.6. The van der Waals surface area contributed by atoms with Crippen molar-refractivity contribution in [3.05, 3.63) is 87.6 Å². The van der Waals surface area contributed by atoms with Gasteiger partial charge >= 0.3 is 11.8 Å². The highest BCUT2D eigenvalue weighted by molar-refractivity contribution is 7.16. The molecule has 0 bridgehead atoms. The second kappa shape index (κ2) is 10.6. The summed E-state index contributed by atoms with van der Waals surface area (Å²) in [5.41, 5.74) is 2.16. The van der Waals surface area contributed by atoms with Crippen LogP contribution >= 0.6 is 22.7 Å². The molecule has 6 rings (SSSR count). The number of allylic oxidation sites excluding steroid dienone is 1. The van der Waals surface area contributed by atoms with E-state index >= 15 is 17.6 Å². The van der Waals surface area contributed by atoms with Crippen molar-refractivity contribution >= 4 is 39.5 Å². The van der Waals surface area contributed by atoms with Crippen LogP contribution in [-0.4, -0.2) is 43.9 Å². The molecule has 0 N–H and O–H groups in total. The lowest BCUT2D eigenvalue weighted by atomic mass is 9.93. The smallest absolute Gasteiger partial charge is 0.371 e. The maximum atomic E-state index is 16.2. The van der Waals surface area contributed by atoms with Crippen molar-refractivity contribution in [2.45, 2.75) is 45.3 Å². The van der Waals surface area contributed by atoms with Crippen LogP contribution in [0.25, 0.3) is 32.0 Å². The summed E-state index contributed by atoms with van der Waals surface area (Å²) in [4.78, 5) is 4.89. The van der Waals surface area contributed by atoms with Crippen LogP contribution in [0.1, 0.15) is 34.7 Å². The average Bonchev–Trinajstić information content (AvgIpc) is 3.74. The minimum absolute atomic E-state index is 0.0882. The van der Waals surface area contributed by atoms with Gasteiger partial charge in [0.2, 0.25) is 0 Å². The molecule has 3 heterocycles. The Hall–Kier alpha value is -2.98. The molecule has 3 nitrogen and oxygen atoms in total. The Labute approximate surface area is 251 Å². The number of hydrogen-bond donors (Lipinski definition) is 0. The van der Waals surface area contributed by atoms with E-state index in [4.69, 9.17) is 9.47 Å². The number of alkyl halides is 4. The van der Waals surface area contributed by atoms with Crippen LogP contribution < -0.4 is 4.90 Å². The third kappa shape index (κ3) is 4.27. The van der Waals surface area contributed by atoms with Crippen LogP contribution in [-0.2, 0) is 9.47 Å². The predicted octanol–water partition coefficient (Wildman–Crippen LogP) is 9.54. The quantitative estimate of drug-likeness (QED) is 0.194. The molecule has 0 saturated carbocycles. The molecule has 2 aromatic heterocycles. The SMILES string of the molecule is CCN(CC)c1ccc(-c2cc(C3=C(c4cc(-c5ccccc5)sc4C)C(F)(F)C(F)(F)C34OCCO4)c(C)s2)cc1. The lowest BCUT2D eigenvalue weighted by Gasteiger charge is -2.33. The molecule has 1 spiro atoms. The van der Waals surface area contributed by atoms with E-state index in [0.717, 1.165) is 39.7 Å². The van der Waals surface area contributed by atoms with Gasteiger partial charge in [0.15, 0.2) is 0 Å². The van der Waals surface area contributed by atoms with Gasteiger partial charge in [0.25, 0.3) is 5.79 Å². The zero-order valence-electron chi connectivity index (χ0n) is 23.8. The van der Waals surface area contributed by atoms with E-state index in [1.807, 2.05) is 54.6 Å². The Balaban J connectivity index is 1.55. The van der Waals surface area contributed by atoms with Gasteiger partial charge in [-0.05, 0) is 74.2 Å². The van der Waals surface area contributed by atoms with Gasteiger partial charge in [0, 0.05) is 49.4 Å². The Morgan fingerprint density at radius 2 is 1.21 bits per heavy atom. The molecule has 1 saturated heterocycles. The number of hydrogen-bond acceptors (Lipinski definition) is 5. The van der Waals surface area contributed by atoms with Gasteiger partial charge in [-0.3, -0.25) is 0 Å². The summed E-state index contributed by atoms with van der Waals surface area (Å²) in [5.74, 6) is -12.0. The molecule has 0 unspecified atom stereocenters. The van der Waals surface area contributed by atoms with Crippen molar-refractivity contribution in [3.8, 4) is 20.9 Å². The standard InChI is InChI=1S/C33H31F4NO2S2/c1-5-38(6-2)24-14-12-23(13-15-24)28-19-26(21(4)42-28)30-29(31(34,35)33(36,37)32(30)39-16-17-40-32)25-18-27(41-20(25)3)22-10-8-7-9-11-22/h7-15,18-19H,5-6,16-17H2,1-4H3. The number of aryl methyl sites for hydroxylation is 2. The van der Waals surface area contributed by atoms with Crippen molar-refractivity contribution in [3.63, 3.8) is 0 Å². The second-order valence-electron chi connectivity index (χ2n) is 10.5.